The van der Waals surface area contributed by atoms with Gasteiger partial charge in [0.05, 0.1) is 12.6 Å². The number of benzene rings is 1. The minimum Gasteiger partial charge on any atom is -0.382 e. The van der Waals surface area contributed by atoms with Crippen LogP contribution in [0.15, 0.2) is 46.2 Å². The van der Waals surface area contributed by atoms with Crippen LogP contribution in [0.5, 0.6) is 0 Å². The molecule has 0 radical (unpaired) electrons. The number of amides is 1. The Labute approximate surface area is 150 Å². The van der Waals surface area contributed by atoms with Crippen LogP contribution in [-0.4, -0.2) is 42.3 Å². The van der Waals surface area contributed by atoms with Crippen LogP contribution in [0, 0.1) is 5.82 Å². The van der Waals surface area contributed by atoms with Gasteiger partial charge in [-0.2, -0.15) is 0 Å². The van der Waals surface area contributed by atoms with Gasteiger partial charge in [0.1, 0.15) is 11.4 Å². The molecule has 2 aromatic rings. The molecule has 1 unspecified atom stereocenters. The summed E-state index contributed by atoms with van der Waals surface area (Å²) in [6, 6.07) is 7.05. The van der Waals surface area contributed by atoms with Crippen molar-refractivity contribution >= 4 is 17.7 Å². The highest BCUT2D eigenvalue weighted by molar-refractivity contribution is 7.99. The molecule has 1 N–H and O–H groups in total. The maximum Gasteiger partial charge on any atom is 0.260 e. The molecular formula is C18H21FN2O3S. The summed E-state index contributed by atoms with van der Waals surface area (Å²) >= 11 is 1.54. The van der Waals surface area contributed by atoms with Gasteiger partial charge >= 0.3 is 0 Å². The summed E-state index contributed by atoms with van der Waals surface area (Å²) < 4.78 is 18.4. The standard InChI is InChI=1S/C18H21FN2O3S/c1-4-25-14-9-15(17(22)20-10-14)18(23)21(2)16(11-24-3)12-5-7-13(19)8-6-12/h5-10,16H,4,11H2,1-3H3,(H,20,22). The van der Waals surface area contributed by atoms with Gasteiger partial charge in [-0.05, 0) is 29.5 Å². The number of aromatic amines is 1. The van der Waals surface area contributed by atoms with Crippen molar-refractivity contribution in [1.82, 2.24) is 9.88 Å². The van der Waals surface area contributed by atoms with Crippen LogP contribution in [0.1, 0.15) is 28.9 Å². The Bertz CT molecular complexity index is 777. The van der Waals surface area contributed by atoms with Gasteiger partial charge in [0, 0.05) is 25.2 Å². The number of rotatable bonds is 7. The first kappa shape index (κ1) is 19.2. The summed E-state index contributed by atoms with van der Waals surface area (Å²) in [5.74, 6) is 0.0676. The van der Waals surface area contributed by atoms with Gasteiger partial charge in [0.2, 0.25) is 0 Å². The molecule has 1 aromatic heterocycles. The summed E-state index contributed by atoms with van der Waals surface area (Å²) in [6.07, 6.45) is 1.60. The topological polar surface area (TPSA) is 62.4 Å². The molecule has 0 bridgehead atoms. The number of H-pyrrole nitrogens is 1. The molecule has 1 amide bonds. The Kier molecular flexibility index (Phi) is 6.78. The quantitative estimate of drug-likeness (QED) is 0.767. The van der Waals surface area contributed by atoms with E-state index in [1.54, 1.807) is 31.4 Å². The number of hydrogen-bond donors (Lipinski definition) is 1. The van der Waals surface area contributed by atoms with E-state index >= 15 is 0 Å². The number of thioether (sulfide) groups is 1. The summed E-state index contributed by atoms with van der Waals surface area (Å²) in [7, 11) is 3.13. The molecule has 0 saturated carbocycles. The lowest BCUT2D eigenvalue weighted by atomic mass is 10.1. The van der Waals surface area contributed by atoms with Crippen molar-refractivity contribution in [3.8, 4) is 0 Å². The molecule has 25 heavy (non-hydrogen) atoms. The molecule has 0 fully saturated rings. The Balaban J connectivity index is 2.34. The third kappa shape index (κ3) is 4.70. The van der Waals surface area contributed by atoms with Crippen molar-refractivity contribution in [2.24, 2.45) is 0 Å². The predicted octanol–water partition coefficient (Wildman–Crippen LogP) is 3.09. The lowest BCUT2D eigenvalue weighted by Crippen LogP contribution is -2.36. The van der Waals surface area contributed by atoms with E-state index in [-0.39, 0.29) is 18.0 Å². The SMILES string of the molecule is CCSc1c[nH]c(=O)c(C(=O)N(C)C(COC)c2ccc(F)cc2)c1. The van der Waals surface area contributed by atoms with Gasteiger partial charge in [-0.25, -0.2) is 4.39 Å². The van der Waals surface area contributed by atoms with Crippen molar-refractivity contribution in [1.29, 1.82) is 0 Å². The Morgan fingerprint density at radius 1 is 1.36 bits per heavy atom. The number of aromatic nitrogens is 1. The number of nitrogens with one attached hydrogen (secondary N) is 1. The van der Waals surface area contributed by atoms with Crippen LogP contribution in [0.2, 0.25) is 0 Å². The fraction of sp³-hybridized carbons (Fsp3) is 0.333. The highest BCUT2D eigenvalue weighted by Crippen LogP contribution is 2.23. The van der Waals surface area contributed by atoms with Gasteiger partial charge in [0.25, 0.3) is 11.5 Å². The van der Waals surface area contributed by atoms with Crippen molar-refractivity contribution in [3.63, 3.8) is 0 Å². The average molecular weight is 364 g/mol. The minimum absolute atomic E-state index is 0.0733. The highest BCUT2D eigenvalue weighted by Gasteiger charge is 2.25. The van der Waals surface area contributed by atoms with E-state index < -0.39 is 17.5 Å². The lowest BCUT2D eigenvalue weighted by Gasteiger charge is -2.28. The fourth-order valence-electron chi connectivity index (χ4n) is 2.48. The largest absolute Gasteiger partial charge is 0.382 e. The predicted molar refractivity (Wildman–Crippen MR) is 96.6 cm³/mol. The lowest BCUT2D eigenvalue weighted by molar-refractivity contribution is 0.0600. The summed E-state index contributed by atoms with van der Waals surface area (Å²) in [4.78, 5) is 29.8. The maximum absolute atomic E-state index is 13.2. The fourth-order valence-corrected chi connectivity index (χ4v) is 3.16. The third-order valence-corrected chi connectivity index (χ3v) is 4.64. The molecule has 2 rings (SSSR count). The molecule has 1 heterocycles. The molecule has 1 atom stereocenters. The smallest absolute Gasteiger partial charge is 0.260 e. The van der Waals surface area contributed by atoms with Crippen LogP contribution in [0.3, 0.4) is 0 Å². The Morgan fingerprint density at radius 2 is 2.04 bits per heavy atom. The van der Waals surface area contributed by atoms with E-state index in [0.29, 0.717) is 0 Å². The van der Waals surface area contributed by atoms with Gasteiger partial charge in [0.15, 0.2) is 0 Å². The van der Waals surface area contributed by atoms with Crippen LogP contribution in [0.4, 0.5) is 4.39 Å². The zero-order valence-electron chi connectivity index (χ0n) is 14.4. The Hall–Kier alpha value is -2.12. The number of carbonyl (C=O) groups excluding carboxylic acids is 1. The zero-order valence-corrected chi connectivity index (χ0v) is 15.2. The molecule has 0 saturated heterocycles. The molecule has 0 aliphatic heterocycles. The van der Waals surface area contributed by atoms with Gasteiger partial charge < -0.3 is 14.6 Å². The highest BCUT2D eigenvalue weighted by atomic mass is 32.2. The van der Waals surface area contributed by atoms with Crippen LogP contribution in [-0.2, 0) is 4.74 Å². The molecule has 134 valence electrons. The molecule has 7 heteroatoms. The monoisotopic (exact) mass is 364 g/mol. The van der Waals surface area contributed by atoms with E-state index in [4.69, 9.17) is 4.74 Å². The Morgan fingerprint density at radius 3 is 2.64 bits per heavy atom. The van der Waals surface area contributed by atoms with Crippen LogP contribution < -0.4 is 5.56 Å². The maximum atomic E-state index is 13.2. The first-order valence-electron chi connectivity index (χ1n) is 7.85. The molecule has 5 nitrogen and oxygen atoms in total. The number of nitrogens with zero attached hydrogens (tertiary/aromatic N) is 1. The van der Waals surface area contributed by atoms with Crippen molar-refractivity contribution in [2.45, 2.75) is 17.9 Å². The second-order valence-electron chi connectivity index (χ2n) is 5.45. The summed E-state index contributed by atoms with van der Waals surface area (Å²) in [5, 5.41) is 0. The number of likely N-dealkylation sites (N-methyl/N-ethyl adjacent to an activating group) is 1. The first-order chi connectivity index (χ1) is 12.0. The van der Waals surface area contributed by atoms with Crippen molar-refractivity contribution in [3.05, 3.63) is 63.8 Å². The molecule has 1 aromatic carbocycles. The zero-order chi connectivity index (χ0) is 18.4. The number of hydrogen-bond acceptors (Lipinski definition) is 4. The number of ether oxygens (including phenoxy) is 1. The number of methoxy groups -OCH3 is 1. The number of halogens is 1. The second kappa shape index (κ2) is 8.82. The normalized spacial score (nSPS) is 12.0. The van der Waals surface area contributed by atoms with E-state index in [2.05, 4.69) is 4.98 Å². The summed E-state index contributed by atoms with van der Waals surface area (Å²) in [5.41, 5.74) is 0.367. The molecule has 0 aliphatic rings. The molecular weight excluding hydrogens is 343 g/mol. The van der Waals surface area contributed by atoms with E-state index in [9.17, 15) is 14.0 Å². The second-order valence-corrected chi connectivity index (χ2v) is 6.79. The number of pyridine rings is 1. The van der Waals surface area contributed by atoms with Crippen LogP contribution in [0.25, 0.3) is 0 Å². The van der Waals surface area contributed by atoms with E-state index in [1.807, 2.05) is 6.92 Å². The summed E-state index contributed by atoms with van der Waals surface area (Å²) in [6.45, 7) is 2.22. The van der Waals surface area contributed by atoms with E-state index in [1.165, 1.54) is 35.9 Å². The molecule has 0 aliphatic carbocycles. The van der Waals surface area contributed by atoms with E-state index in [0.717, 1.165) is 16.2 Å². The van der Waals surface area contributed by atoms with Crippen molar-refractivity contribution in [2.75, 3.05) is 26.5 Å². The van der Waals surface area contributed by atoms with Crippen LogP contribution >= 0.6 is 11.8 Å². The van der Waals surface area contributed by atoms with Crippen molar-refractivity contribution < 1.29 is 13.9 Å². The third-order valence-electron chi connectivity index (χ3n) is 3.79. The first-order valence-corrected chi connectivity index (χ1v) is 8.83. The minimum atomic E-state index is -0.437. The molecule has 0 spiro atoms. The van der Waals surface area contributed by atoms with Gasteiger partial charge in [-0.3, -0.25) is 9.59 Å². The average Bonchev–Trinajstić information content (AvgIpc) is 2.61. The van der Waals surface area contributed by atoms with Gasteiger partial charge in [-0.1, -0.05) is 19.1 Å². The number of carbonyl (C=O) groups is 1. The van der Waals surface area contributed by atoms with Gasteiger partial charge in [-0.15, -0.1) is 11.8 Å².